The lowest BCUT2D eigenvalue weighted by Gasteiger charge is -2.38. The van der Waals surface area contributed by atoms with Crippen LogP contribution in [0.2, 0.25) is 0 Å². The maximum Gasteiger partial charge on any atom is 0.149 e. The zero-order valence-electron chi connectivity index (χ0n) is 16.3. The molecule has 0 unspecified atom stereocenters. The van der Waals surface area contributed by atoms with Crippen LogP contribution in [0.3, 0.4) is 0 Å². The minimum absolute atomic E-state index is 0.968. The van der Waals surface area contributed by atoms with Crippen molar-refractivity contribution in [1.82, 2.24) is 0 Å². The van der Waals surface area contributed by atoms with Crippen molar-refractivity contribution in [2.24, 2.45) is 0 Å². The molecule has 0 heterocycles. The Hall–Kier alpha value is -2.72. The van der Waals surface area contributed by atoms with Gasteiger partial charge in [0, 0.05) is 6.42 Å². The van der Waals surface area contributed by atoms with Gasteiger partial charge in [-0.3, -0.25) is 5.82 Å². The zero-order valence-corrected chi connectivity index (χ0v) is 16.3. The number of hydrogen-bond acceptors (Lipinski definition) is 0. The third kappa shape index (κ3) is 4.52. The first-order valence-corrected chi connectivity index (χ1v) is 10.2. The Balaban J connectivity index is 2.10. The Morgan fingerprint density at radius 3 is 1.44 bits per heavy atom. The highest BCUT2D eigenvalue weighted by Crippen LogP contribution is 2.08. The van der Waals surface area contributed by atoms with E-state index in [-0.39, 0.29) is 0 Å². The van der Waals surface area contributed by atoms with Crippen LogP contribution in [0.25, 0.3) is 0 Å². The van der Waals surface area contributed by atoms with Gasteiger partial charge in [-0.1, -0.05) is 117 Å². The zero-order chi connectivity index (χ0) is 18.8. The molecule has 0 aliphatic heterocycles. The quantitative estimate of drug-likeness (QED) is 0.330. The molecular formula is C26H28B-. The lowest BCUT2D eigenvalue weighted by molar-refractivity contribution is 0.680. The van der Waals surface area contributed by atoms with E-state index in [0.717, 1.165) is 6.42 Å². The van der Waals surface area contributed by atoms with Crippen molar-refractivity contribution < 1.29 is 0 Å². The predicted octanol–water partition coefficient (Wildman–Crippen LogP) is 4.67. The molecule has 0 aliphatic carbocycles. The van der Waals surface area contributed by atoms with E-state index in [9.17, 15) is 0 Å². The molecule has 3 aromatic rings. The number of benzene rings is 3. The van der Waals surface area contributed by atoms with E-state index in [1.165, 1.54) is 42.1 Å². The maximum atomic E-state index is 3.77. The molecule has 0 aliphatic rings. The van der Waals surface area contributed by atoms with Crippen LogP contribution in [0.15, 0.2) is 91.0 Å². The first-order chi connectivity index (χ1) is 13.4. The van der Waals surface area contributed by atoms with Crippen molar-refractivity contribution >= 4 is 22.5 Å². The summed E-state index contributed by atoms with van der Waals surface area (Å²) in [6.07, 6.45) is 4.69. The van der Waals surface area contributed by atoms with Crippen LogP contribution < -0.4 is 16.4 Å². The molecule has 0 bridgehead atoms. The molecule has 0 fully saturated rings. The van der Waals surface area contributed by atoms with E-state index in [0.29, 0.717) is 0 Å². The monoisotopic (exact) mass is 351 g/mol. The lowest BCUT2D eigenvalue weighted by Crippen LogP contribution is -2.66. The van der Waals surface area contributed by atoms with Crippen molar-refractivity contribution in [3.8, 4) is 11.7 Å². The topological polar surface area (TPSA) is 0 Å². The molecule has 0 radical (unpaired) electrons. The van der Waals surface area contributed by atoms with Gasteiger partial charge in [0.15, 0.2) is 0 Å². The Kier molecular flexibility index (Phi) is 6.94. The van der Waals surface area contributed by atoms with E-state index >= 15 is 0 Å². The van der Waals surface area contributed by atoms with Gasteiger partial charge in [0.05, 0.1) is 0 Å². The maximum absolute atomic E-state index is 3.77. The van der Waals surface area contributed by atoms with Gasteiger partial charge >= 0.3 is 0 Å². The summed E-state index contributed by atoms with van der Waals surface area (Å²) in [5.74, 6) is 7.33. The van der Waals surface area contributed by atoms with Crippen LogP contribution in [-0.2, 0) is 0 Å². The number of hydrogen-bond donors (Lipinski definition) is 0. The fourth-order valence-corrected chi connectivity index (χ4v) is 3.92. The van der Waals surface area contributed by atoms with E-state index in [1.807, 2.05) is 0 Å². The summed E-state index contributed by atoms with van der Waals surface area (Å²) >= 11 is 0. The molecule has 0 saturated carbocycles. The summed E-state index contributed by atoms with van der Waals surface area (Å²) in [4.78, 5) is 0. The molecule has 0 spiro atoms. The van der Waals surface area contributed by atoms with Crippen molar-refractivity contribution in [3.63, 3.8) is 0 Å². The molecule has 0 aromatic heterocycles. The van der Waals surface area contributed by atoms with E-state index in [1.54, 1.807) is 0 Å². The molecule has 136 valence electrons. The van der Waals surface area contributed by atoms with Crippen LogP contribution in [0.5, 0.6) is 0 Å². The van der Waals surface area contributed by atoms with Gasteiger partial charge in [-0.25, -0.2) is 0 Å². The fourth-order valence-electron chi connectivity index (χ4n) is 3.92. The van der Waals surface area contributed by atoms with Gasteiger partial charge in [0.1, 0.15) is 6.15 Å². The SMILES string of the molecule is CCCCCCC#C[B-](c1ccccc1)(c1ccccc1)c1ccccc1. The predicted molar refractivity (Wildman–Crippen MR) is 121 cm³/mol. The van der Waals surface area contributed by atoms with Crippen LogP contribution >= 0.6 is 0 Å². The number of unbranched alkanes of at least 4 members (excludes halogenated alkanes) is 4. The average molecular weight is 351 g/mol. The molecule has 3 aromatic carbocycles. The molecule has 3 rings (SSSR count). The van der Waals surface area contributed by atoms with Gasteiger partial charge in [0.25, 0.3) is 0 Å². The van der Waals surface area contributed by atoms with Crippen molar-refractivity contribution in [1.29, 1.82) is 0 Å². The van der Waals surface area contributed by atoms with Crippen molar-refractivity contribution in [2.75, 3.05) is 0 Å². The molecule has 0 N–H and O–H groups in total. The van der Waals surface area contributed by atoms with Gasteiger partial charge in [-0.05, 0) is 6.42 Å². The third-order valence-corrected chi connectivity index (χ3v) is 5.37. The second-order valence-corrected chi connectivity index (χ2v) is 7.23. The van der Waals surface area contributed by atoms with Gasteiger partial charge < -0.3 is 0 Å². The minimum atomic E-state index is -1.30. The minimum Gasteiger partial charge on any atom is -0.297 e. The Bertz CT molecular complexity index is 761. The highest BCUT2D eigenvalue weighted by Gasteiger charge is 2.27. The average Bonchev–Trinajstić information content (AvgIpc) is 2.75. The highest BCUT2D eigenvalue weighted by atomic mass is 14.0. The summed E-state index contributed by atoms with van der Waals surface area (Å²) in [5.41, 5.74) is 3.86. The first kappa shape index (κ1) is 19.1. The van der Waals surface area contributed by atoms with Gasteiger partial charge in [0.2, 0.25) is 0 Å². The summed E-state index contributed by atoms with van der Waals surface area (Å²) in [5, 5.41) is 0. The standard InChI is InChI=1S/C26H28B/c1-2-3-4-5-6-16-23-27(24-17-10-7-11-18-24,25-19-12-8-13-20-25)26-21-14-9-15-22-26/h7-15,17-22H,2-6H2,1H3/q-1. The summed E-state index contributed by atoms with van der Waals surface area (Å²) < 4.78 is 0. The van der Waals surface area contributed by atoms with Crippen LogP contribution in [-0.4, -0.2) is 6.15 Å². The van der Waals surface area contributed by atoms with Crippen molar-refractivity contribution in [3.05, 3.63) is 91.0 Å². The fraction of sp³-hybridized carbons (Fsp3) is 0.231. The van der Waals surface area contributed by atoms with Crippen LogP contribution in [0.1, 0.15) is 39.0 Å². The van der Waals surface area contributed by atoms with Crippen LogP contribution in [0.4, 0.5) is 0 Å². The second-order valence-electron chi connectivity index (χ2n) is 7.23. The van der Waals surface area contributed by atoms with Crippen molar-refractivity contribution in [2.45, 2.75) is 39.0 Å². The molecule has 1 heteroatoms. The summed E-state index contributed by atoms with van der Waals surface area (Å²) in [6.45, 7) is 2.25. The van der Waals surface area contributed by atoms with Gasteiger partial charge in [-0.2, -0.15) is 16.4 Å². The first-order valence-electron chi connectivity index (χ1n) is 10.2. The number of rotatable bonds is 7. The molecule has 0 amide bonds. The molecule has 0 saturated heterocycles. The van der Waals surface area contributed by atoms with E-state index in [2.05, 4.69) is 110 Å². The molecular weight excluding hydrogens is 323 g/mol. The smallest absolute Gasteiger partial charge is 0.149 e. The highest BCUT2D eigenvalue weighted by molar-refractivity contribution is 7.16. The Labute approximate surface area is 164 Å². The lowest BCUT2D eigenvalue weighted by atomic mass is 9.16. The van der Waals surface area contributed by atoms with Crippen LogP contribution in [0, 0.1) is 11.7 Å². The molecule has 0 nitrogen and oxygen atoms in total. The Morgan fingerprint density at radius 1 is 0.593 bits per heavy atom. The summed E-state index contributed by atoms with van der Waals surface area (Å²) in [6, 6.07) is 32.4. The molecule has 27 heavy (non-hydrogen) atoms. The molecule has 0 atom stereocenters. The Morgan fingerprint density at radius 2 is 1.04 bits per heavy atom. The van der Waals surface area contributed by atoms with Gasteiger partial charge in [-0.15, -0.1) is 5.92 Å². The van der Waals surface area contributed by atoms with E-state index < -0.39 is 6.15 Å². The normalized spacial score (nSPS) is 10.9. The second kappa shape index (κ2) is 9.84. The third-order valence-electron chi connectivity index (χ3n) is 5.37. The summed E-state index contributed by atoms with van der Waals surface area (Å²) in [7, 11) is 0. The van der Waals surface area contributed by atoms with E-state index in [4.69, 9.17) is 0 Å². The largest absolute Gasteiger partial charge is 0.297 e.